The maximum absolute atomic E-state index is 12.8. The smallest absolute Gasteiger partial charge is 0.294 e. The van der Waals surface area contributed by atoms with Crippen molar-refractivity contribution in [2.45, 2.75) is 19.4 Å². The third kappa shape index (κ3) is 5.42. The summed E-state index contributed by atoms with van der Waals surface area (Å²) in [6.45, 7) is 1.36. The summed E-state index contributed by atoms with van der Waals surface area (Å²) in [6, 6.07) is 10.9. The molecule has 4 rings (SSSR count). The van der Waals surface area contributed by atoms with Crippen LogP contribution in [-0.2, 0) is 16.2 Å². The summed E-state index contributed by atoms with van der Waals surface area (Å²) in [7, 11) is 1.52. The van der Waals surface area contributed by atoms with Gasteiger partial charge in [-0.25, -0.2) is 0 Å². The predicted octanol–water partition coefficient (Wildman–Crippen LogP) is 5.35. The summed E-state index contributed by atoms with van der Waals surface area (Å²) < 4.78 is 12.1. The number of hydrogen-bond donors (Lipinski definition) is 0. The van der Waals surface area contributed by atoms with E-state index in [1.165, 1.54) is 7.11 Å². The van der Waals surface area contributed by atoms with E-state index < -0.39 is 11.1 Å². The molecule has 0 aliphatic carbocycles. The Morgan fingerprint density at radius 1 is 1.21 bits per heavy atom. The molecule has 10 heteroatoms. The first-order valence-electron chi connectivity index (χ1n) is 10.6. The molecule has 0 bridgehead atoms. The van der Waals surface area contributed by atoms with E-state index >= 15 is 0 Å². The minimum absolute atomic E-state index is 0.203. The Labute approximate surface area is 215 Å². The van der Waals surface area contributed by atoms with Crippen molar-refractivity contribution in [1.29, 1.82) is 0 Å². The molecule has 2 aliphatic heterocycles. The second-order valence-electron chi connectivity index (χ2n) is 7.77. The number of rotatable bonds is 7. The Balaban J connectivity index is 1.50. The van der Waals surface area contributed by atoms with E-state index in [1.54, 1.807) is 29.2 Å². The minimum atomic E-state index is -0.475. The van der Waals surface area contributed by atoms with Gasteiger partial charge in [-0.1, -0.05) is 29.8 Å². The van der Waals surface area contributed by atoms with E-state index in [9.17, 15) is 14.4 Å². The van der Waals surface area contributed by atoms with Crippen molar-refractivity contribution in [2.24, 2.45) is 0 Å². The molecule has 0 saturated carbocycles. The molecule has 0 N–H and O–H groups in total. The van der Waals surface area contributed by atoms with Crippen LogP contribution in [0.1, 0.15) is 24.0 Å². The second-order valence-corrected chi connectivity index (χ2v) is 10.0. The lowest BCUT2D eigenvalue weighted by molar-refractivity contribution is -0.135. The van der Waals surface area contributed by atoms with Crippen LogP contribution < -0.4 is 9.47 Å². The number of benzene rings is 2. The fourth-order valence-corrected chi connectivity index (χ4v) is 5.32. The molecule has 2 saturated heterocycles. The van der Waals surface area contributed by atoms with E-state index in [4.69, 9.17) is 21.1 Å². The van der Waals surface area contributed by atoms with E-state index in [0.29, 0.717) is 39.6 Å². The molecule has 0 aromatic heterocycles. The first kappa shape index (κ1) is 24.6. The summed E-state index contributed by atoms with van der Waals surface area (Å²) in [5.74, 6) is 0.266. The molecule has 2 aromatic rings. The highest BCUT2D eigenvalue weighted by atomic mass is 79.9. The van der Waals surface area contributed by atoms with E-state index in [-0.39, 0.29) is 24.0 Å². The molecule has 0 atom stereocenters. The average Bonchev–Trinajstić information content (AvgIpc) is 3.44. The van der Waals surface area contributed by atoms with Crippen LogP contribution in [0.2, 0.25) is 5.02 Å². The van der Waals surface area contributed by atoms with Crippen molar-refractivity contribution in [1.82, 2.24) is 9.80 Å². The normalized spacial score (nSPS) is 17.1. The highest BCUT2D eigenvalue weighted by Crippen LogP contribution is 2.39. The Kier molecular flexibility index (Phi) is 7.85. The molecule has 0 spiro atoms. The number of carbonyl (C=O) groups is 3. The molecule has 3 amide bonds. The van der Waals surface area contributed by atoms with Gasteiger partial charge in [0.15, 0.2) is 11.5 Å². The monoisotopic (exact) mass is 564 g/mol. The van der Waals surface area contributed by atoms with Gasteiger partial charge in [-0.3, -0.25) is 19.3 Å². The van der Waals surface area contributed by atoms with Crippen molar-refractivity contribution in [2.75, 3.05) is 26.7 Å². The first-order valence-corrected chi connectivity index (χ1v) is 12.6. The highest BCUT2D eigenvalue weighted by Gasteiger charge is 2.37. The van der Waals surface area contributed by atoms with Crippen LogP contribution >= 0.6 is 39.3 Å². The van der Waals surface area contributed by atoms with Crippen LogP contribution in [0.15, 0.2) is 45.8 Å². The molecule has 2 aliphatic rings. The molecule has 178 valence electrons. The van der Waals surface area contributed by atoms with Crippen molar-refractivity contribution in [3.63, 3.8) is 0 Å². The maximum atomic E-state index is 12.8. The van der Waals surface area contributed by atoms with Gasteiger partial charge in [0.05, 0.1) is 16.5 Å². The fraction of sp³-hybridized carbons (Fsp3) is 0.292. The highest BCUT2D eigenvalue weighted by molar-refractivity contribution is 9.10. The molecule has 7 nitrogen and oxygen atoms in total. The zero-order chi connectivity index (χ0) is 24.2. The van der Waals surface area contributed by atoms with Gasteiger partial charge in [-0.05, 0) is 70.4 Å². The number of carbonyl (C=O) groups excluding carboxylic acids is 3. The van der Waals surface area contributed by atoms with Gasteiger partial charge in [0.1, 0.15) is 13.2 Å². The van der Waals surface area contributed by atoms with Crippen LogP contribution in [-0.4, -0.2) is 53.6 Å². The summed E-state index contributed by atoms with van der Waals surface area (Å²) >= 11 is 10.5. The maximum Gasteiger partial charge on any atom is 0.294 e. The summed E-state index contributed by atoms with van der Waals surface area (Å²) in [5, 5.41) is 0.155. The Morgan fingerprint density at radius 2 is 1.94 bits per heavy atom. The predicted molar refractivity (Wildman–Crippen MR) is 135 cm³/mol. The minimum Gasteiger partial charge on any atom is -0.493 e. The van der Waals surface area contributed by atoms with Gasteiger partial charge in [0, 0.05) is 23.7 Å². The second kappa shape index (κ2) is 10.8. The number of likely N-dealkylation sites (tertiary alicyclic amines) is 1. The van der Waals surface area contributed by atoms with Crippen molar-refractivity contribution < 1.29 is 23.9 Å². The van der Waals surface area contributed by atoms with E-state index in [0.717, 1.165) is 35.1 Å². The van der Waals surface area contributed by atoms with Crippen LogP contribution in [0, 0.1) is 0 Å². The fourth-order valence-electron chi connectivity index (χ4n) is 3.72. The number of halogens is 2. The molecular formula is C24H22BrClN2O5S. The summed E-state index contributed by atoms with van der Waals surface area (Å²) in [6.07, 6.45) is 3.50. The largest absolute Gasteiger partial charge is 0.493 e. The van der Waals surface area contributed by atoms with Gasteiger partial charge >= 0.3 is 0 Å². The molecule has 2 heterocycles. The molecular weight excluding hydrogens is 544 g/mol. The van der Waals surface area contributed by atoms with Gasteiger partial charge in [0.25, 0.3) is 11.1 Å². The van der Waals surface area contributed by atoms with Crippen LogP contribution in [0.4, 0.5) is 4.79 Å². The van der Waals surface area contributed by atoms with Gasteiger partial charge in [0.2, 0.25) is 5.91 Å². The number of hydrogen-bond acceptors (Lipinski definition) is 6. The molecule has 2 fully saturated rings. The lowest BCUT2D eigenvalue weighted by atomic mass is 10.1. The quantitative estimate of drug-likeness (QED) is 0.422. The SMILES string of the molecule is COc1cc(/C=C2/SC(=O)N(CC(=O)N3CCCC3)C2=O)cc(Br)c1OCc1ccccc1Cl. The Hall–Kier alpha value is -2.49. The van der Waals surface area contributed by atoms with Crippen molar-refractivity contribution in [3.8, 4) is 11.5 Å². The topological polar surface area (TPSA) is 76.2 Å². The standard InChI is InChI=1S/C24H22BrClN2O5S/c1-32-19-11-15(10-17(25)22(19)33-14-16-6-2-3-7-18(16)26)12-20-23(30)28(24(31)34-20)13-21(29)27-8-4-5-9-27/h2-3,6-7,10-12H,4-5,8-9,13-14H2,1H3/b20-12+. The number of imide groups is 1. The molecule has 2 aromatic carbocycles. The third-order valence-corrected chi connectivity index (χ3v) is 7.37. The van der Waals surface area contributed by atoms with E-state index in [2.05, 4.69) is 15.9 Å². The molecule has 34 heavy (non-hydrogen) atoms. The van der Waals surface area contributed by atoms with Gasteiger partial charge in [-0.2, -0.15) is 0 Å². The average molecular weight is 566 g/mol. The zero-order valence-electron chi connectivity index (χ0n) is 18.4. The number of amides is 3. The van der Waals surface area contributed by atoms with Crippen LogP contribution in [0.5, 0.6) is 11.5 Å². The van der Waals surface area contributed by atoms with Crippen LogP contribution in [0.25, 0.3) is 6.08 Å². The van der Waals surface area contributed by atoms with E-state index in [1.807, 2.05) is 18.2 Å². The lowest BCUT2D eigenvalue weighted by Gasteiger charge is -2.18. The third-order valence-electron chi connectivity index (χ3n) is 5.51. The van der Waals surface area contributed by atoms with Crippen molar-refractivity contribution >= 4 is 62.4 Å². The molecule has 0 radical (unpaired) electrons. The molecule has 0 unspecified atom stereocenters. The zero-order valence-corrected chi connectivity index (χ0v) is 21.5. The lowest BCUT2D eigenvalue weighted by Crippen LogP contribution is -2.40. The number of ether oxygens (including phenoxy) is 2. The first-order chi connectivity index (χ1) is 16.4. The van der Waals surface area contributed by atoms with Crippen molar-refractivity contribution in [3.05, 3.63) is 61.9 Å². The van der Waals surface area contributed by atoms with Crippen LogP contribution in [0.3, 0.4) is 0 Å². The summed E-state index contributed by atoms with van der Waals surface area (Å²) in [5.41, 5.74) is 1.48. The summed E-state index contributed by atoms with van der Waals surface area (Å²) in [4.78, 5) is 40.6. The number of nitrogens with zero attached hydrogens (tertiary/aromatic N) is 2. The Bertz CT molecular complexity index is 1170. The number of methoxy groups -OCH3 is 1. The Morgan fingerprint density at radius 3 is 2.65 bits per heavy atom. The number of thioether (sulfide) groups is 1. The van der Waals surface area contributed by atoms with Gasteiger partial charge < -0.3 is 14.4 Å². The van der Waals surface area contributed by atoms with Gasteiger partial charge in [-0.15, -0.1) is 0 Å².